The Hall–Kier alpha value is -1.59. The van der Waals surface area contributed by atoms with Crippen molar-refractivity contribution < 1.29 is 9.53 Å². The summed E-state index contributed by atoms with van der Waals surface area (Å²) in [6, 6.07) is 10.8. The average Bonchev–Trinajstić information content (AvgIpc) is 3.15. The minimum Gasteiger partial charge on any atom is -0.377 e. The van der Waals surface area contributed by atoms with Crippen LogP contribution in [0.1, 0.15) is 45.6 Å². The van der Waals surface area contributed by atoms with Crippen molar-refractivity contribution in [2.45, 2.75) is 57.6 Å². The number of carbonyl (C=O) groups is 1. The Kier molecular flexibility index (Phi) is 6.77. The topological polar surface area (TPSA) is 44.8 Å². The van der Waals surface area contributed by atoms with Crippen LogP contribution in [0.2, 0.25) is 0 Å². The molecule has 2 aliphatic rings. The van der Waals surface area contributed by atoms with Gasteiger partial charge in [0.2, 0.25) is 0 Å². The Balaban J connectivity index is 1.42. The van der Waals surface area contributed by atoms with Crippen LogP contribution in [0, 0.1) is 0 Å². The van der Waals surface area contributed by atoms with Gasteiger partial charge in [-0.2, -0.15) is 0 Å². The van der Waals surface area contributed by atoms with E-state index in [1.807, 2.05) is 11.0 Å². The van der Waals surface area contributed by atoms with Gasteiger partial charge in [-0.1, -0.05) is 44.2 Å². The Bertz CT molecular complexity index is 591. The lowest BCUT2D eigenvalue weighted by Gasteiger charge is -2.37. The first-order chi connectivity index (χ1) is 12.9. The number of ether oxygens (including phenoxy) is 1. The number of benzene rings is 1. The van der Waals surface area contributed by atoms with Crippen molar-refractivity contribution in [2.24, 2.45) is 0 Å². The third-order valence-corrected chi connectivity index (χ3v) is 5.89. The molecule has 2 unspecified atom stereocenters. The lowest BCUT2D eigenvalue weighted by Crippen LogP contribution is -2.54. The van der Waals surface area contributed by atoms with E-state index < -0.39 is 0 Å². The summed E-state index contributed by atoms with van der Waals surface area (Å²) in [5.74, 6) is 0. The molecule has 2 saturated heterocycles. The summed E-state index contributed by atoms with van der Waals surface area (Å²) in [6.45, 7) is 12.0. The quantitative estimate of drug-likeness (QED) is 0.832. The predicted molar refractivity (Wildman–Crippen MR) is 109 cm³/mol. The second-order valence-corrected chi connectivity index (χ2v) is 8.73. The van der Waals surface area contributed by atoms with Gasteiger partial charge < -0.3 is 15.0 Å². The molecule has 0 spiro atoms. The fraction of sp³-hybridized carbons (Fsp3) is 0.682. The standard InChI is InChI=1S/C22H35N3O2/c1-18(16-22(2,3)19-8-5-4-6-9-19)23-21(26)25-13-11-24(12-14-25)17-20-10-7-15-27-20/h4-6,8-9,18,20H,7,10-17H2,1-3H3,(H,23,26). The summed E-state index contributed by atoms with van der Waals surface area (Å²) in [7, 11) is 0. The molecule has 0 saturated carbocycles. The van der Waals surface area contributed by atoms with E-state index in [-0.39, 0.29) is 17.5 Å². The zero-order valence-corrected chi connectivity index (χ0v) is 17.1. The van der Waals surface area contributed by atoms with Gasteiger partial charge in [-0.25, -0.2) is 4.79 Å². The van der Waals surface area contributed by atoms with E-state index in [1.165, 1.54) is 18.4 Å². The third kappa shape index (κ3) is 5.69. The molecule has 1 N–H and O–H groups in total. The van der Waals surface area contributed by atoms with Crippen LogP contribution < -0.4 is 5.32 Å². The first-order valence-electron chi connectivity index (χ1n) is 10.4. The van der Waals surface area contributed by atoms with E-state index in [2.05, 4.69) is 55.3 Å². The van der Waals surface area contributed by atoms with Crippen LogP contribution in [0.25, 0.3) is 0 Å². The Morgan fingerprint density at radius 1 is 1.22 bits per heavy atom. The summed E-state index contributed by atoms with van der Waals surface area (Å²) in [4.78, 5) is 17.0. The third-order valence-electron chi connectivity index (χ3n) is 5.89. The van der Waals surface area contributed by atoms with Crippen LogP contribution in [0.4, 0.5) is 4.79 Å². The summed E-state index contributed by atoms with van der Waals surface area (Å²) in [5.41, 5.74) is 1.35. The smallest absolute Gasteiger partial charge is 0.317 e. The van der Waals surface area contributed by atoms with Crippen LogP contribution in [-0.2, 0) is 10.2 Å². The number of urea groups is 1. The van der Waals surface area contributed by atoms with Crippen molar-refractivity contribution >= 4 is 6.03 Å². The summed E-state index contributed by atoms with van der Waals surface area (Å²) in [5, 5.41) is 3.21. The van der Waals surface area contributed by atoms with Crippen molar-refractivity contribution in [3.8, 4) is 0 Å². The number of rotatable bonds is 6. The van der Waals surface area contributed by atoms with Gasteiger partial charge in [-0.3, -0.25) is 4.90 Å². The highest BCUT2D eigenvalue weighted by Gasteiger charge is 2.27. The van der Waals surface area contributed by atoms with Crippen LogP contribution in [0.15, 0.2) is 30.3 Å². The Morgan fingerprint density at radius 2 is 1.93 bits per heavy atom. The van der Waals surface area contributed by atoms with Crippen molar-refractivity contribution in [1.82, 2.24) is 15.1 Å². The zero-order valence-electron chi connectivity index (χ0n) is 17.1. The molecule has 150 valence electrons. The van der Waals surface area contributed by atoms with Gasteiger partial charge in [-0.15, -0.1) is 0 Å². The summed E-state index contributed by atoms with van der Waals surface area (Å²) in [6.07, 6.45) is 3.67. The van der Waals surface area contributed by atoms with E-state index in [4.69, 9.17) is 4.74 Å². The van der Waals surface area contributed by atoms with Crippen molar-refractivity contribution in [1.29, 1.82) is 0 Å². The second kappa shape index (κ2) is 9.07. The van der Waals surface area contributed by atoms with Gasteiger partial charge in [0.05, 0.1) is 6.10 Å². The fourth-order valence-corrected chi connectivity index (χ4v) is 4.34. The molecule has 0 bridgehead atoms. The molecular formula is C22H35N3O2. The highest BCUT2D eigenvalue weighted by atomic mass is 16.5. The molecular weight excluding hydrogens is 338 g/mol. The van der Waals surface area contributed by atoms with Crippen molar-refractivity contribution in [2.75, 3.05) is 39.3 Å². The SMILES string of the molecule is CC(CC(C)(C)c1ccccc1)NC(=O)N1CCN(CC2CCCO2)CC1. The molecule has 27 heavy (non-hydrogen) atoms. The first kappa shape index (κ1) is 20.2. The van der Waals surface area contributed by atoms with Crippen LogP contribution >= 0.6 is 0 Å². The number of nitrogens with one attached hydrogen (secondary N) is 1. The molecule has 0 aromatic heterocycles. The maximum Gasteiger partial charge on any atom is 0.317 e. The predicted octanol–water partition coefficient (Wildman–Crippen LogP) is 3.25. The maximum absolute atomic E-state index is 12.7. The van der Waals surface area contributed by atoms with E-state index in [1.54, 1.807) is 0 Å². The monoisotopic (exact) mass is 373 g/mol. The highest BCUT2D eigenvalue weighted by molar-refractivity contribution is 5.74. The van der Waals surface area contributed by atoms with Crippen molar-refractivity contribution in [3.05, 3.63) is 35.9 Å². The number of amides is 2. The molecule has 2 atom stereocenters. The number of piperazine rings is 1. The molecule has 3 rings (SSSR count). The molecule has 1 aromatic rings. The Labute approximate surface area is 164 Å². The van der Waals surface area contributed by atoms with Gasteiger partial charge in [0.1, 0.15) is 0 Å². The van der Waals surface area contributed by atoms with Crippen LogP contribution in [0.5, 0.6) is 0 Å². The van der Waals surface area contributed by atoms with Gasteiger partial charge in [0.15, 0.2) is 0 Å². The number of nitrogens with zero attached hydrogens (tertiary/aromatic N) is 2. The normalized spacial score (nSPS) is 22.6. The lowest BCUT2D eigenvalue weighted by atomic mass is 9.79. The van der Waals surface area contributed by atoms with E-state index in [0.29, 0.717) is 6.10 Å². The van der Waals surface area contributed by atoms with Crippen LogP contribution in [0.3, 0.4) is 0 Å². The minimum atomic E-state index is 0.0357. The highest BCUT2D eigenvalue weighted by Crippen LogP contribution is 2.28. The molecule has 2 amide bonds. The summed E-state index contributed by atoms with van der Waals surface area (Å²) < 4.78 is 5.73. The van der Waals surface area contributed by atoms with E-state index >= 15 is 0 Å². The first-order valence-corrected chi connectivity index (χ1v) is 10.4. The summed E-state index contributed by atoms with van der Waals surface area (Å²) >= 11 is 0. The number of hydrogen-bond acceptors (Lipinski definition) is 3. The molecule has 0 aliphatic carbocycles. The minimum absolute atomic E-state index is 0.0357. The zero-order chi connectivity index (χ0) is 19.3. The Morgan fingerprint density at radius 3 is 2.56 bits per heavy atom. The molecule has 2 aliphatic heterocycles. The molecule has 2 heterocycles. The number of hydrogen-bond donors (Lipinski definition) is 1. The molecule has 0 radical (unpaired) electrons. The van der Waals surface area contributed by atoms with Crippen LogP contribution in [-0.4, -0.2) is 67.3 Å². The largest absolute Gasteiger partial charge is 0.377 e. The molecule has 5 heteroatoms. The second-order valence-electron chi connectivity index (χ2n) is 8.73. The van der Waals surface area contributed by atoms with Gasteiger partial charge in [0, 0.05) is 45.4 Å². The average molecular weight is 374 g/mol. The molecule has 5 nitrogen and oxygen atoms in total. The molecule has 2 fully saturated rings. The van der Waals surface area contributed by atoms with Gasteiger partial charge in [0.25, 0.3) is 0 Å². The molecule has 1 aromatic carbocycles. The number of carbonyl (C=O) groups excluding carboxylic acids is 1. The van der Waals surface area contributed by atoms with Crippen molar-refractivity contribution in [3.63, 3.8) is 0 Å². The van der Waals surface area contributed by atoms with E-state index in [0.717, 1.165) is 45.8 Å². The fourth-order valence-electron chi connectivity index (χ4n) is 4.34. The van der Waals surface area contributed by atoms with Gasteiger partial charge in [-0.05, 0) is 37.2 Å². The maximum atomic E-state index is 12.7. The lowest BCUT2D eigenvalue weighted by molar-refractivity contribution is 0.0558. The van der Waals surface area contributed by atoms with E-state index in [9.17, 15) is 4.79 Å². The van der Waals surface area contributed by atoms with Gasteiger partial charge >= 0.3 is 6.03 Å².